The molecule has 0 saturated carbocycles. The standard InChI is InChI=1S/C26H24N2O5/c1-16-12-19(9-10-21(16)33-3)24(29)22-23(18-7-4-8-20(13-18)32-2)28(26(31)25(22)30)15-17-6-5-11-27-14-17/h4-14,23,29H,15H2,1-3H3/b24-22-. The molecule has 2 aromatic carbocycles. The van der Waals surface area contributed by atoms with Crippen molar-refractivity contribution in [3.05, 3.63) is 94.8 Å². The van der Waals surface area contributed by atoms with Crippen LogP contribution in [0.3, 0.4) is 0 Å². The maximum Gasteiger partial charge on any atom is 0.295 e. The summed E-state index contributed by atoms with van der Waals surface area (Å²) < 4.78 is 10.6. The zero-order valence-electron chi connectivity index (χ0n) is 18.6. The van der Waals surface area contributed by atoms with Crippen LogP contribution in [0.15, 0.2) is 72.6 Å². The van der Waals surface area contributed by atoms with Crippen molar-refractivity contribution in [2.24, 2.45) is 0 Å². The third-order valence-corrected chi connectivity index (χ3v) is 5.69. The number of carbonyl (C=O) groups excluding carboxylic acids is 2. The molecule has 1 atom stereocenters. The fourth-order valence-electron chi connectivity index (χ4n) is 4.07. The minimum atomic E-state index is -0.789. The number of hydrogen-bond acceptors (Lipinski definition) is 6. The molecule has 1 aliphatic heterocycles. The van der Waals surface area contributed by atoms with Crippen molar-refractivity contribution in [2.45, 2.75) is 19.5 Å². The van der Waals surface area contributed by atoms with Gasteiger partial charge in [-0.05, 0) is 60.0 Å². The van der Waals surface area contributed by atoms with Gasteiger partial charge in [-0.1, -0.05) is 18.2 Å². The fourth-order valence-corrected chi connectivity index (χ4v) is 4.07. The number of benzene rings is 2. The molecule has 1 aromatic heterocycles. The molecule has 7 heteroatoms. The quantitative estimate of drug-likeness (QED) is 0.351. The number of Topliss-reactive ketones (excluding diaryl/α,β-unsaturated/α-hetero) is 1. The summed E-state index contributed by atoms with van der Waals surface area (Å²) in [5, 5.41) is 11.2. The number of aryl methyl sites for hydroxylation is 1. The minimum absolute atomic E-state index is 0.0294. The van der Waals surface area contributed by atoms with Gasteiger partial charge < -0.3 is 19.5 Å². The van der Waals surface area contributed by atoms with E-state index in [9.17, 15) is 14.7 Å². The Morgan fingerprint density at radius 1 is 1.06 bits per heavy atom. The molecule has 7 nitrogen and oxygen atoms in total. The van der Waals surface area contributed by atoms with Crippen LogP contribution >= 0.6 is 0 Å². The predicted molar refractivity (Wildman–Crippen MR) is 123 cm³/mol. The Morgan fingerprint density at radius 2 is 1.88 bits per heavy atom. The normalized spacial score (nSPS) is 17.3. The van der Waals surface area contributed by atoms with E-state index in [0.717, 1.165) is 11.1 Å². The molecule has 33 heavy (non-hydrogen) atoms. The van der Waals surface area contributed by atoms with Crippen LogP contribution in [0.1, 0.15) is 28.3 Å². The van der Waals surface area contributed by atoms with Crippen LogP contribution in [0.25, 0.3) is 5.76 Å². The Hall–Kier alpha value is -4.13. The summed E-state index contributed by atoms with van der Waals surface area (Å²) in [7, 11) is 3.11. The predicted octanol–water partition coefficient (Wildman–Crippen LogP) is 4.03. The number of aliphatic hydroxyl groups is 1. The zero-order valence-corrected chi connectivity index (χ0v) is 18.6. The van der Waals surface area contributed by atoms with E-state index in [0.29, 0.717) is 22.6 Å². The van der Waals surface area contributed by atoms with Crippen molar-refractivity contribution in [3.63, 3.8) is 0 Å². The van der Waals surface area contributed by atoms with Gasteiger partial charge in [0.25, 0.3) is 11.7 Å². The summed E-state index contributed by atoms with van der Waals surface area (Å²) in [6.07, 6.45) is 3.29. The molecule has 1 fully saturated rings. The van der Waals surface area contributed by atoms with Crippen molar-refractivity contribution in [1.82, 2.24) is 9.88 Å². The number of amides is 1. The number of likely N-dealkylation sites (tertiary alicyclic amines) is 1. The summed E-state index contributed by atoms with van der Waals surface area (Å²) >= 11 is 0. The lowest BCUT2D eigenvalue weighted by molar-refractivity contribution is -0.140. The van der Waals surface area contributed by atoms with Gasteiger partial charge in [0.1, 0.15) is 17.3 Å². The van der Waals surface area contributed by atoms with Crippen molar-refractivity contribution < 1.29 is 24.2 Å². The number of aromatic nitrogens is 1. The van der Waals surface area contributed by atoms with E-state index in [2.05, 4.69) is 4.98 Å². The van der Waals surface area contributed by atoms with Gasteiger partial charge in [-0.3, -0.25) is 14.6 Å². The Morgan fingerprint density at radius 3 is 2.55 bits per heavy atom. The number of aliphatic hydroxyl groups excluding tert-OH is 1. The van der Waals surface area contributed by atoms with Gasteiger partial charge in [-0.2, -0.15) is 0 Å². The molecule has 4 rings (SSSR count). The number of carbonyl (C=O) groups is 2. The second-order valence-corrected chi connectivity index (χ2v) is 7.75. The van der Waals surface area contributed by atoms with Crippen LogP contribution in [0.2, 0.25) is 0 Å². The van der Waals surface area contributed by atoms with Crippen molar-refractivity contribution in [3.8, 4) is 11.5 Å². The number of rotatable bonds is 6. The highest BCUT2D eigenvalue weighted by Gasteiger charge is 2.46. The first-order valence-electron chi connectivity index (χ1n) is 10.4. The minimum Gasteiger partial charge on any atom is -0.507 e. The second-order valence-electron chi connectivity index (χ2n) is 7.75. The van der Waals surface area contributed by atoms with Crippen LogP contribution in [-0.2, 0) is 16.1 Å². The monoisotopic (exact) mass is 444 g/mol. The van der Waals surface area contributed by atoms with Gasteiger partial charge in [0.2, 0.25) is 0 Å². The van der Waals surface area contributed by atoms with Crippen LogP contribution in [-0.4, -0.2) is 40.9 Å². The Labute approximate surface area is 191 Å². The van der Waals surface area contributed by atoms with Crippen LogP contribution in [0, 0.1) is 6.92 Å². The van der Waals surface area contributed by atoms with E-state index < -0.39 is 17.7 Å². The van der Waals surface area contributed by atoms with E-state index >= 15 is 0 Å². The zero-order chi connectivity index (χ0) is 23.5. The van der Waals surface area contributed by atoms with E-state index in [-0.39, 0.29) is 17.9 Å². The second kappa shape index (κ2) is 9.16. The SMILES string of the molecule is COc1cccc(C2/C(=C(/O)c3ccc(OC)c(C)c3)C(=O)C(=O)N2Cc2cccnc2)c1. The number of pyridine rings is 1. The van der Waals surface area contributed by atoms with Crippen molar-refractivity contribution >= 4 is 17.4 Å². The van der Waals surface area contributed by atoms with Gasteiger partial charge in [-0.15, -0.1) is 0 Å². The van der Waals surface area contributed by atoms with Crippen LogP contribution < -0.4 is 9.47 Å². The first-order valence-corrected chi connectivity index (χ1v) is 10.4. The first-order chi connectivity index (χ1) is 15.9. The molecule has 0 aliphatic carbocycles. The third kappa shape index (κ3) is 4.17. The molecule has 1 saturated heterocycles. The molecule has 1 amide bonds. The molecule has 0 radical (unpaired) electrons. The number of ketones is 1. The molecule has 168 valence electrons. The van der Waals surface area contributed by atoms with Gasteiger partial charge in [0.15, 0.2) is 0 Å². The Balaban J connectivity index is 1.88. The summed E-state index contributed by atoms with van der Waals surface area (Å²) in [6, 6.07) is 15.1. The molecule has 1 unspecified atom stereocenters. The lowest BCUT2D eigenvalue weighted by Gasteiger charge is -2.25. The maximum absolute atomic E-state index is 13.2. The Bertz CT molecular complexity index is 1240. The number of methoxy groups -OCH3 is 2. The van der Waals surface area contributed by atoms with Crippen molar-refractivity contribution in [2.75, 3.05) is 14.2 Å². The van der Waals surface area contributed by atoms with Crippen LogP contribution in [0.5, 0.6) is 11.5 Å². The van der Waals surface area contributed by atoms with E-state index in [1.54, 1.807) is 69.1 Å². The largest absolute Gasteiger partial charge is 0.507 e. The average Bonchev–Trinajstić information content (AvgIpc) is 3.09. The number of hydrogen-bond donors (Lipinski definition) is 1. The van der Waals surface area contributed by atoms with E-state index in [4.69, 9.17) is 9.47 Å². The summed E-state index contributed by atoms with van der Waals surface area (Å²) in [5.41, 5.74) is 2.68. The van der Waals surface area contributed by atoms with Crippen molar-refractivity contribution in [1.29, 1.82) is 0 Å². The van der Waals surface area contributed by atoms with Gasteiger partial charge in [0, 0.05) is 24.5 Å². The maximum atomic E-state index is 13.2. The molecular weight excluding hydrogens is 420 g/mol. The highest BCUT2D eigenvalue weighted by Crippen LogP contribution is 2.41. The lowest BCUT2D eigenvalue weighted by atomic mass is 9.94. The van der Waals surface area contributed by atoms with E-state index in [1.807, 2.05) is 19.1 Å². The van der Waals surface area contributed by atoms with Crippen LogP contribution in [0.4, 0.5) is 0 Å². The lowest BCUT2D eigenvalue weighted by Crippen LogP contribution is -2.29. The fraction of sp³-hybridized carbons (Fsp3) is 0.192. The summed E-state index contributed by atoms with van der Waals surface area (Å²) in [5.74, 6) is -0.413. The third-order valence-electron chi connectivity index (χ3n) is 5.69. The number of ether oxygens (including phenoxy) is 2. The highest BCUT2D eigenvalue weighted by molar-refractivity contribution is 6.46. The molecule has 0 spiro atoms. The molecule has 3 aromatic rings. The molecular formula is C26H24N2O5. The van der Waals surface area contributed by atoms with E-state index in [1.165, 1.54) is 4.90 Å². The highest BCUT2D eigenvalue weighted by atomic mass is 16.5. The first kappa shape index (κ1) is 22.1. The average molecular weight is 444 g/mol. The van der Waals surface area contributed by atoms with Gasteiger partial charge >= 0.3 is 0 Å². The smallest absolute Gasteiger partial charge is 0.295 e. The van der Waals surface area contributed by atoms with Gasteiger partial charge in [-0.25, -0.2) is 0 Å². The van der Waals surface area contributed by atoms with Gasteiger partial charge in [0.05, 0.1) is 25.8 Å². The molecule has 0 bridgehead atoms. The molecule has 2 heterocycles. The number of nitrogens with zero attached hydrogens (tertiary/aromatic N) is 2. The molecule has 1 aliphatic rings. The Kier molecular flexibility index (Phi) is 6.13. The summed E-state index contributed by atoms with van der Waals surface area (Å²) in [6.45, 7) is 2.01. The topological polar surface area (TPSA) is 89.0 Å². The summed E-state index contributed by atoms with van der Waals surface area (Å²) in [4.78, 5) is 31.9. The molecule has 1 N–H and O–H groups in total.